The first kappa shape index (κ1) is 14.2. The van der Waals surface area contributed by atoms with Crippen LogP contribution in [0.4, 0.5) is 0 Å². The molecule has 0 saturated carbocycles. The van der Waals surface area contributed by atoms with Crippen molar-refractivity contribution >= 4 is 6.21 Å². The average Bonchev–Trinajstić information content (AvgIpc) is 2.24. The molecular formula is C13H26N2. The van der Waals surface area contributed by atoms with E-state index in [-0.39, 0.29) is 0 Å². The first-order chi connectivity index (χ1) is 7.26. The lowest BCUT2D eigenvalue weighted by molar-refractivity contribution is 0.336. The Hall–Kier alpha value is -0.790. The first-order valence-corrected chi connectivity index (χ1v) is 6.17. The number of hydrogen-bond acceptors (Lipinski definition) is 2. The van der Waals surface area contributed by atoms with Gasteiger partial charge in [0, 0.05) is 38.0 Å². The highest BCUT2D eigenvalue weighted by Crippen LogP contribution is 2.08. The van der Waals surface area contributed by atoms with Crippen LogP contribution < -0.4 is 0 Å². The smallest absolute Gasteiger partial charge is 0.0357 e. The summed E-state index contributed by atoms with van der Waals surface area (Å²) < 4.78 is 0. The van der Waals surface area contributed by atoms with E-state index in [1.165, 1.54) is 25.0 Å². The lowest BCUT2D eigenvalue weighted by atomic mass is 10.2. The largest absolute Gasteiger partial charge is 0.375 e. The Morgan fingerprint density at radius 3 is 2.47 bits per heavy atom. The summed E-state index contributed by atoms with van der Waals surface area (Å²) in [6, 6.07) is 0. The standard InChI is InChI=1S/C13H26N2/c1-5-8-12-15(11-6-2)13(4)9-10-14-7-3/h10H,4-9,11-12H2,1-3H3/b14-10-. The summed E-state index contributed by atoms with van der Waals surface area (Å²) in [4.78, 5) is 6.62. The molecule has 0 radical (unpaired) electrons. The molecule has 0 aliphatic heterocycles. The fourth-order valence-electron chi connectivity index (χ4n) is 1.48. The maximum Gasteiger partial charge on any atom is 0.0357 e. The lowest BCUT2D eigenvalue weighted by Crippen LogP contribution is -2.24. The molecule has 0 spiro atoms. The normalized spacial score (nSPS) is 10.9. The van der Waals surface area contributed by atoms with Crippen molar-refractivity contribution < 1.29 is 0 Å². The van der Waals surface area contributed by atoms with Crippen LogP contribution in [0.15, 0.2) is 17.3 Å². The molecule has 88 valence electrons. The highest BCUT2D eigenvalue weighted by molar-refractivity contribution is 5.60. The van der Waals surface area contributed by atoms with Crippen molar-refractivity contribution in [1.82, 2.24) is 4.90 Å². The molecule has 0 amide bonds. The monoisotopic (exact) mass is 210 g/mol. The van der Waals surface area contributed by atoms with Crippen molar-refractivity contribution in [2.75, 3.05) is 19.6 Å². The van der Waals surface area contributed by atoms with Gasteiger partial charge in [0.25, 0.3) is 0 Å². The molecule has 0 N–H and O–H groups in total. The van der Waals surface area contributed by atoms with Crippen molar-refractivity contribution in [3.05, 3.63) is 12.3 Å². The van der Waals surface area contributed by atoms with E-state index in [0.717, 1.165) is 26.1 Å². The molecule has 0 saturated heterocycles. The fourth-order valence-corrected chi connectivity index (χ4v) is 1.48. The molecule has 15 heavy (non-hydrogen) atoms. The van der Waals surface area contributed by atoms with E-state index in [4.69, 9.17) is 0 Å². The van der Waals surface area contributed by atoms with Gasteiger partial charge in [-0.15, -0.1) is 0 Å². The highest BCUT2D eigenvalue weighted by atomic mass is 15.1. The zero-order valence-corrected chi connectivity index (χ0v) is 10.6. The Morgan fingerprint density at radius 2 is 1.93 bits per heavy atom. The van der Waals surface area contributed by atoms with E-state index in [1.807, 2.05) is 6.21 Å². The summed E-state index contributed by atoms with van der Waals surface area (Å²) >= 11 is 0. The molecule has 0 fully saturated rings. The van der Waals surface area contributed by atoms with Gasteiger partial charge in [0.2, 0.25) is 0 Å². The molecular weight excluding hydrogens is 184 g/mol. The topological polar surface area (TPSA) is 15.6 Å². The van der Waals surface area contributed by atoms with E-state index in [9.17, 15) is 0 Å². The minimum Gasteiger partial charge on any atom is -0.375 e. The molecule has 0 aromatic rings. The quantitative estimate of drug-likeness (QED) is 0.532. The van der Waals surface area contributed by atoms with Crippen molar-refractivity contribution in [2.45, 2.75) is 46.5 Å². The van der Waals surface area contributed by atoms with E-state index in [0.29, 0.717) is 0 Å². The Balaban J connectivity index is 3.97. The second-order valence-electron chi connectivity index (χ2n) is 3.79. The van der Waals surface area contributed by atoms with E-state index >= 15 is 0 Å². The van der Waals surface area contributed by atoms with Gasteiger partial charge in [-0.05, 0) is 19.8 Å². The molecule has 0 aromatic heterocycles. The van der Waals surface area contributed by atoms with Crippen LogP contribution in [-0.2, 0) is 0 Å². The van der Waals surface area contributed by atoms with E-state index in [2.05, 4.69) is 37.2 Å². The van der Waals surface area contributed by atoms with Gasteiger partial charge in [-0.1, -0.05) is 26.8 Å². The van der Waals surface area contributed by atoms with Crippen LogP contribution in [0.5, 0.6) is 0 Å². The van der Waals surface area contributed by atoms with Gasteiger partial charge in [0.05, 0.1) is 0 Å². The number of allylic oxidation sites excluding steroid dienone is 1. The summed E-state index contributed by atoms with van der Waals surface area (Å²) in [6.07, 6.45) is 6.57. The van der Waals surface area contributed by atoms with Crippen molar-refractivity contribution in [3.63, 3.8) is 0 Å². The molecule has 2 heteroatoms. The first-order valence-electron chi connectivity index (χ1n) is 6.17. The number of rotatable bonds is 9. The van der Waals surface area contributed by atoms with Crippen LogP contribution in [0.2, 0.25) is 0 Å². The summed E-state index contributed by atoms with van der Waals surface area (Å²) in [7, 11) is 0. The summed E-state index contributed by atoms with van der Waals surface area (Å²) in [6.45, 7) is 13.8. The molecule has 0 aromatic carbocycles. The van der Waals surface area contributed by atoms with Gasteiger partial charge in [-0.3, -0.25) is 4.99 Å². The molecule has 2 nitrogen and oxygen atoms in total. The van der Waals surface area contributed by atoms with Gasteiger partial charge < -0.3 is 4.90 Å². The predicted molar refractivity (Wildman–Crippen MR) is 69.6 cm³/mol. The number of aliphatic imine (C=N–C) groups is 1. The third kappa shape index (κ3) is 7.18. The van der Waals surface area contributed by atoms with Gasteiger partial charge in [0.1, 0.15) is 0 Å². The molecule has 0 bridgehead atoms. The van der Waals surface area contributed by atoms with Gasteiger partial charge in [-0.2, -0.15) is 0 Å². The Kier molecular flexibility index (Phi) is 9.24. The zero-order chi connectivity index (χ0) is 11.5. The van der Waals surface area contributed by atoms with Crippen LogP contribution in [0.3, 0.4) is 0 Å². The molecule has 0 rings (SSSR count). The van der Waals surface area contributed by atoms with Gasteiger partial charge in [-0.25, -0.2) is 0 Å². The van der Waals surface area contributed by atoms with Crippen LogP contribution >= 0.6 is 0 Å². The van der Waals surface area contributed by atoms with Crippen LogP contribution in [0.1, 0.15) is 46.5 Å². The second kappa shape index (κ2) is 9.75. The maximum atomic E-state index is 4.22. The Bertz CT molecular complexity index is 185. The Labute approximate surface area is 95.1 Å². The van der Waals surface area contributed by atoms with Gasteiger partial charge >= 0.3 is 0 Å². The van der Waals surface area contributed by atoms with Crippen molar-refractivity contribution in [1.29, 1.82) is 0 Å². The molecule has 0 atom stereocenters. The minimum atomic E-state index is 0.871. The van der Waals surface area contributed by atoms with E-state index < -0.39 is 0 Å². The fraction of sp³-hybridized carbons (Fsp3) is 0.769. The molecule has 0 aliphatic carbocycles. The molecule has 0 aliphatic rings. The van der Waals surface area contributed by atoms with Crippen molar-refractivity contribution in [3.8, 4) is 0 Å². The Morgan fingerprint density at radius 1 is 1.20 bits per heavy atom. The van der Waals surface area contributed by atoms with Crippen LogP contribution in [0.25, 0.3) is 0 Å². The second-order valence-corrected chi connectivity index (χ2v) is 3.79. The maximum absolute atomic E-state index is 4.22. The average molecular weight is 210 g/mol. The third-order valence-electron chi connectivity index (χ3n) is 2.36. The summed E-state index contributed by atoms with van der Waals surface area (Å²) in [5.41, 5.74) is 1.21. The minimum absolute atomic E-state index is 0.871. The number of unbranched alkanes of at least 4 members (excludes halogenated alkanes) is 1. The number of nitrogens with zero attached hydrogens (tertiary/aromatic N) is 2. The zero-order valence-electron chi connectivity index (χ0n) is 10.6. The van der Waals surface area contributed by atoms with Crippen LogP contribution in [0, 0.1) is 0 Å². The molecule has 0 heterocycles. The number of hydrogen-bond donors (Lipinski definition) is 0. The lowest BCUT2D eigenvalue weighted by Gasteiger charge is -2.25. The predicted octanol–water partition coefficient (Wildman–Crippen LogP) is 3.49. The van der Waals surface area contributed by atoms with Crippen LogP contribution in [-0.4, -0.2) is 30.7 Å². The third-order valence-corrected chi connectivity index (χ3v) is 2.36. The summed E-state index contributed by atoms with van der Waals surface area (Å²) in [5, 5.41) is 0. The highest BCUT2D eigenvalue weighted by Gasteiger charge is 2.04. The SMILES string of the molecule is C=C(C/C=N\CC)N(CCC)CCCC. The van der Waals surface area contributed by atoms with E-state index in [1.54, 1.807) is 0 Å². The van der Waals surface area contributed by atoms with Crippen molar-refractivity contribution in [2.24, 2.45) is 4.99 Å². The van der Waals surface area contributed by atoms with Gasteiger partial charge in [0.15, 0.2) is 0 Å². The molecule has 0 unspecified atom stereocenters. The summed E-state index contributed by atoms with van der Waals surface area (Å²) in [5.74, 6) is 0.